The highest BCUT2D eigenvalue weighted by Crippen LogP contribution is 2.31. The number of benzene rings is 4. The third-order valence-corrected chi connectivity index (χ3v) is 8.63. The second-order valence-electron chi connectivity index (χ2n) is 11.1. The molecule has 6 rings (SSSR count). The minimum atomic E-state index is -0.618. The molecule has 1 N–H and O–H groups in total. The molecule has 1 aliphatic rings. The number of hydrogen-bond donors (Lipinski definition) is 1. The molecule has 7 heteroatoms. The molecule has 220 valence electrons. The summed E-state index contributed by atoms with van der Waals surface area (Å²) in [7, 11) is 0. The van der Waals surface area contributed by atoms with Gasteiger partial charge in [-0.05, 0) is 65.4 Å². The highest BCUT2D eigenvalue weighted by molar-refractivity contribution is 7.07. The molecule has 44 heavy (non-hydrogen) atoms. The van der Waals surface area contributed by atoms with Crippen molar-refractivity contribution in [2.24, 2.45) is 4.99 Å². The number of nitrogens with zero attached hydrogens (tertiary/aromatic N) is 2. The monoisotopic (exact) mass is 599 g/mol. The molecular weight excluding hydrogens is 566 g/mol. The van der Waals surface area contributed by atoms with Crippen LogP contribution in [0, 0.1) is 0 Å². The molecule has 5 aromatic rings. The van der Waals surface area contributed by atoms with Crippen LogP contribution in [0.4, 0.5) is 5.69 Å². The van der Waals surface area contributed by atoms with Gasteiger partial charge in [0.05, 0.1) is 21.8 Å². The van der Waals surface area contributed by atoms with Crippen LogP contribution in [0.2, 0.25) is 0 Å². The predicted molar refractivity (Wildman–Crippen MR) is 177 cm³/mol. The highest BCUT2D eigenvalue weighted by Gasteiger charge is 2.32. The van der Waals surface area contributed by atoms with Crippen molar-refractivity contribution < 1.29 is 9.53 Å². The first-order valence-electron chi connectivity index (χ1n) is 14.6. The summed E-state index contributed by atoms with van der Waals surface area (Å²) in [6, 6.07) is 34.6. The van der Waals surface area contributed by atoms with E-state index in [-0.39, 0.29) is 11.5 Å². The van der Waals surface area contributed by atoms with Crippen LogP contribution in [0.25, 0.3) is 6.08 Å². The fourth-order valence-electron chi connectivity index (χ4n) is 5.26. The molecule has 0 spiro atoms. The minimum Gasteiger partial charge on any atom is -0.489 e. The number of hydrogen-bond acceptors (Lipinski definition) is 5. The SMILES string of the molecule is CC1=C(C(=O)Nc2ccccc2)C(c2ccc(C(C)C)cc2)n2c(s/c(=C\c3ccc(OCc4ccccc4)cc3)c2=O)=N1. The van der Waals surface area contributed by atoms with Crippen LogP contribution >= 0.6 is 11.3 Å². The zero-order chi connectivity index (χ0) is 30.6. The van der Waals surface area contributed by atoms with E-state index < -0.39 is 6.04 Å². The zero-order valence-corrected chi connectivity index (χ0v) is 25.7. The average molecular weight is 600 g/mol. The molecule has 1 amide bonds. The molecule has 1 aliphatic heterocycles. The summed E-state index contributed by atoms with van der Waals surface area (Å²) < 4.78 is 8.13. The van der Waals surface area contributed by atoms with E-state index in [1.165, 1.54) is 16.9 Å². The van der Waals surface area contributed by atoms with Crippen LogP contribution < -0.4 is 24.9 Å². The summed E-state index contributed by atoms with van der Waals surface area (Å²) in [6.45, 7) is 6.60. The average Bonchev–Trinajstić information content (AvgIpc) is 3.34. The number of aromatic nitrogens is 1. The summed E-state index contributed by atoms with van der Waals surface area (Å²) >= 11 is 1.33. The van der Waals surface area contributed by atoms with Gasteiger partial charge in [-0.1, -0.05) is 110 Å². The number of rotatable bonds is 8. The Labute approximate surface area is 260 Å². The van der Waals surface area contributed by atoms with E-state index >= 15 is 0 Å². The molecule has 2 heterocycles. The number of anilines is 1. The maximum absolute atomic E-state index is 14.0. The van der Waals surface area contributed by atoms with Gasteiger partial charge in [0.1, 0.15) is 12.4 Å². The lowest BCUT2D eigenvalue weighted by Gasteiger charge is -2.25. The molecular formula is C37H33N3O3S. The lowest BCUT2D eigenvalue weighted by molar-refractivity contribution is -0.113. The van der Waals surface area contributed by atoms with Gasteiger partial charge in [-0.2, -0.15) is 0 Å². The Kier molecular flexibility index (Phi) is 8.39. The van der Waals surface area contributed by atoms with Crippen molar-refractivity contribution in [3.05, 3.63) is 162 Å². The zero-order valence-electron chi connectivity index (χ0n) is 24.9. The Hall–Kier alpha value is -5.01. The summed E-state index contributed by atoms with van der Waals surface area (Å²) in [6.07, 6.45) is 1.87. The standard InChI is InChI=1S/C37H33N3O3S/c1-24(2)28-16-18-29(19-17-28)34-33(35(41)39-30-12-8-5-9-13-30)25(3)38-37-40(34)36(42)32(44-37)22-26-14-20-31(21-15-26)43-23-27-10-6-4-7-11-27/h4-22,24,34H,23H2,1-3H3,(H,39,41)/b32-22-. The summed E-state index contributed by atoms with van der Waals surface area (Å²) in [5.41, 5.74) is 5.54. The maximum Gasteiger partial charge on any atom is 0.271 e. The number of carbonyl (C=O) groups is 1. The van der Waals surface area contributed by atoms with E-state index in [4.69, 9.17) is 9.73 Å². The Morgan fingerprint density at radius 1 is 0.932 bits per heavy atom. The summed E-state index contributed by atoms with van der Waals surface area (Å²) in [5.74, 6) is 0.831. The number of allylic oxidation sites excluding steroid dienone is 1. The molecule has 0 fully saturated rings. The van der Waals surface area contributed by atoms with Crippen molar-refractivity contribution in [3.63, 3.8) is 0 Å². The number of fused-ring (bicyclic) bond motifs is 1. The van der Waals surface area contributed by atoms with Gasteiger partial charge in [-0.25, -0.2) is 4.99 Å². The number of para-hydroxylation sites is 1. The smallest absolute Gasteiger partial charge is 0.271 e. The van der Waals surface area contributed by atoms with E-state index in [0.29, 0.717) is 38.8 Å². The Balaban J connectivity index is 1.36. The lowest BCUT2D eigenvalue weighted by Crippen LogP contribution is -2.40. The second kappa shape index (κ2) is 12.7. The van der Waals surface area contributed by atoms with Gasteiger partial charge in [-0.15, -0.1) is 0 Å². The Bertz CT molecular complexity index is 1990. The van der Waals surface area contributed by atoms with Crippen LogP contribution in [0.3, 0.4) is 0 Å². The maximum atomic E-state index is 14.0. The normalized spacial score (nSPS) is 14.7. The number of ether oxygens (including phenoxy) is 1. The minimum absolute atomic E-state index is 0.186. The molecule has 1 aromatic heterocycles. The van der Waals surface area contributed by atoms with Crippen LogP contribution in [-0.2, 0) is 11.4 Å². The molecule has 6 nitrogen and oxygen atoms in total. The van der Waals surface area contributed by atoms with E-state index in [0.717, 1.165) is 22.4 Å². The van der Waals surface area contributed by atoms with Crippen LogP contribution in [0.15, 0.2) is 130 Å². The number of carbonyl (C=O) groups excluding carboxylic acids is 1. The molecule has 0 saturated heterocycles. The molecule has 0 radical (unpaired) electrons. The van der Waals surface area contributed by atoms with E-state index in [1.807, 2.05) is 110 Å². The molecule has 4 aromatic carbocycles. The third-order valence-electron chi connectivity index (χ3n) is 7.64. The lowest BCUT2D eigenvalue weighted by atomic mass is 9.93. The predicted octanol–water partition coefficient (Wildman–Crippen LogP) is 6.58. The molecule has 0 bridgehead atoms. The third kappa shape index (κ3) is 6.19. The fraction of sp³-hybridized carbons (Fsp3) is 0.162. The van der Waals surface area contributed by atoms with Crippen molar-refractivity contribution in [3.8, 4) is 5.75 Å². The number of amides is 1. The molecule has 1 unspecified atom stereocenters. The van der Waals surface area contributed by atoms with Gasteiger partial charge in [0.2, 0.25) is 0 Å². The van der Waals surface area contributed by atoms with Gasteiger partial charge in [0.25, 0.3) is 11.5 Å². The Morgan fingerprint density at radius 3 is 2.25 bits per heavy atom. The molecule has 1 atom stereocenters. The largest absolute Gasteiger partial charge is 0.489 e. The van der Waals surface area contributed by atoms with E-state index in [2.05, 4.69) is 31.3 Å². The van der Waals surface area contributed by atoms with Crippen molar-refractivity contribution in [2.45, 2.75) is 39.3 Å². The topological polar surface area (TPSA) is 72.7 Å². The molecule has 0 saturated carbocycles. The molecule has 0 aliphatic carbocycles. The highest BCUT2D eigenvalue weighted by atomic mass is 32.1. The first-order chi connectivity index (χ1) is 21.4. The fourth-order valence-corrected chi connectivity index (χ4v) is 6.31. The van der Waals surface area contributed by atoms with Gasteiger partial charge in [-0.3, -0.25) is 14.2 Å². The van der Waals surface area contributed by atoms with E-state index in [9.17, 15) is 9.59 Å². The van der Waals surface area contributed by atoms with Crippen LogP contribution in [0.1, 0.15) is 55.0 Å². The van der Waals surface area contributed by atoms with Gasteiger partial charge in [0.15, 0.2) is 4.80 Å². The van der Waals surface area contributed by atoms with Crippen molar-refractivity contribution in [1.82, 2.24) is 4.57 Å². The number of thiazole rings is 1. The summed E-state index contributed by atoms with van der Waals surface area (Å²) in [4.78, 5) is 33.1. The Morgan fingerprint density at radius 2 is 1.59 bits per heavy atom. The van der Waals surface area contributed by atoms with Gasteiger partial charge >= 0.3 is 0 Å². The van der Waals surface area contributed by atoms with Crippen molar-refractivity contribution >= 4 is 29.0 Å². The van der Waals surface area contributed by atoms with Gasteiger partial charge < -0.3 is 10.1 Å². The van der Waals surface area contributed by atoms with Crippen molar-refractivity contribution in [2.75, 3.05) is 5.32 Å². The van der Waals surface area contributed by atoms with E-state index in [1.54, 1.807) is 4.57 Å². The quantitative estimate of drug-likeness (QED) is 0.219. The van der Waals surface area contributed by atoms with Crippen LogP contribution in [0.5, 0.6) is 5.75 Å². The van der Waals surface area contributed by atoms with Crippen molar-refractivity contribution in [1.29, 1.82) is 0 Å². The van der Waals surface area contributed by atoms with Gasteiger partial charge in [0, 0.05) is 5.69 Å². The first-order valence-corrected chi connectivity index (χ1v) is 15.4. The number of nitrogens with one attached hydrogen (secondary N) is 1. The van der Waals surface area contributed by atoms with Crippen LogP contribution in [-0.4, -0.2) is 10.5 Å². The summed E-state index contributed by atoms with van der Waals surface area (Å²) in [5, 5.41) is 3.01. The second-order valence-corrected chi connectivity index (χ2v) is 12.1. The first kappa shape index (κ1) is 29.1.